The molecule has 0 spiro atoms. The van der Waals surface area contributed by atoms with E-state index in [9.17, 15) is 9.59 Å². The summed E-state index contributed by atoms with van der Waals surface area (Å²) in [5.74, 6) is -0.726. The van der Waals surface area contributed by atoms with Crippen LogP contribution in [0.25, 0.3) is 0 Å². The lowest BCUT2D eigenvalue weighted by molar-refractivity contribution is -0.114. The maximum atomic E-state index is 11.1. The van der Waals surface area contributed by atoms with Crippen molar-refractivity contribution in [3.8, 4) is 0 Å². The monoisotopic (exact) mass is 362 g/mol. The van der Waals surface area contributed by atoms with Gasteiger partial charge in [-0.1, -0.05) is 11.6 Å². The Morgan fingerprint density at radius 1 is 0.958 bits per heavy atom. The number of thiocarbonyl (C=S) groups is 1. The average Bonchev–Trinajstić information content (AvgIpc) is 2.48. The minimum Gasteiger partial charge on any atom is -0.366 e. The number of nitrogens with two attached hydrogens (primary N) is 1. The molecule has 5 N–H and O–H groups in total. The number of primary amides is 1. The van der Waals surface area contributed by atoms with Gasteiger partial charge in [-0.2, -0.15) is 0 Å². The van der Waals surface area contributed by atoms with E-state index in [2.05, 4.69) is 16.0 Å². The molecular weight excluding hydrogens is 348 g/mol. The predicted molar refractivity (Wildman–Crippen MR) is 101 cm³/mol. The number of carbonyl (C=O) groups excluding carboxylic acids is 2. The lowest BCUT2D eigenvalue weighted by Crippen LogP contribution is -2.19. The minimum atomic E-state index is -0.591. The highest BCUT2D eigenvalue weighted by molar-refractivity contribution is 7.80. The lowest BCUT2D eigenvalue weighted by atomic mass is 10.2. The largest absolute Gasteiger partial charge is 0.366 e. The number of rotatable bonds is 4. The quantitative estimate of drug-likeness (QED) is 0.626. The molecular formula is C16H15ClN4O2S. The van der Waals surface area contributed by atoms with E-state index in [-0.39, 0.29) is 16.5 Å². The van der Waals surface area contributed by atoms with Crippen LogP contribution in [0, 0.1) is 0 Å². The molecule has 2 aromatic carbocycles. The Morgan fingerprint density at radius 2 is 1.46 bits per heavy atom. The van der Waals surface area contributed by atoms with Gasteiger partial charge in [-0.05, 0) is 54.7 Å². The maximum absolute atomic E-state index is 11.1. The molecule has 0 atom stereocenters. The first-order chi connectivity index (χ1) is 11.3. The van der Waals surface area contributed by atoms with Crippen LogP contribution in [0.5, 0.6) is 0 Å². The van der Waals surface area contributed by atoms with Gasteiger partial charge in [0.05, 0.1) is 10.6 Å². The average molecular weight is 363 g/mol. The van der Waals surface area contributed by atoms with E-state index in [4.69, 9.17) is 29.6 Å². The summed E-state index contributed by atoms with van der Waals surface area (Å²) in [4.78, 5) is 22.1. The molecule has 2 rings (SSSR count). The Labute approximate surface area is 149 Å². The molecule has 0 fully saturated rings. The number of hydrogen-bond donors (Lipinski definition) is 4. The lowest BCUT2D eigenvalue weighted by Gasteiger charge is -2.12. The highest BCUT2D eigenvalue weighted by Crippen LogP contribution is 2.21. The van der Waals surface area contributed by atoms with Gasteiger partial charge in [-0.15, -0.1) is 0 Å². The number of benzene rings is 2. The predicted octanol–water partition coefficient (Wildman–Crippen LogP) is 3.21. The zero-order valence-corrected chi connectivity index (χ0v) is 14.3. The van der Waals surface area contributed by atoms with Crippen molar-refractivity contribution in [2.75, 3.05) is 16.0 Å². The summed E-state index contributed by atoms with van der Waals surface area (Å²) in [6.45, 7) is 1.44. The number of amides is 2. The molecule has 0 aliphatic heterocycles. The van der Waals surface area contributed by atoms with Crippen LogP contribution in [0.1, 0.15) is 17.3 Å². The molecule has 2 aromatic rings. The zero-order valence-electron chi connectivity index (χ0n) is 12.7. The summed E-state index contributed by atoms with van der Waals surface area (Å²) >= 11 is 11.2. The van der Waals surface area contributed by atoms with Crippen LogP contribution in [0.3, 0.4) is 0 Å². The van der Waals surface area contributed by atoms with Gasteiger partial charge in [-0.25, -0.2) is 0 Å². The summed E-state index contributed by atoms with van der Waals surface area (Å²) in [6, 6.07) is 11.8. The van der Waals surface area contributed by atoms with E-state index < -0.39 is 5.91 Å². The maximum Gasteiger partial charge on any atom is 0.250 e. The Morgan fingerprint density at radius 3 is 1.96 bits per heavy atom. The third-order valence-electron chi connectivity index (χ3n) is 2.96. The molecule has 2 amide bonds. The van der Waals surface area contributed by atoms with Gasteiger partial charge in [0, 0.05) is 24.0 Å². The van der Waals surface area contributed by atoms with Crippen LogP contribution in [0.15, 0.2) is 42.5 Å². The second-order valence-electron chi connectivity index (χ2n) is 4.90. The Hall–Kier alpha value is -2.64. The minimum absolute atomic E-state index is 0.135. The SMILES string of the molecule is CC(=O)Nc1ccc(NC(=S)Nc2ccc(C(N)=O)c(Cl)c2)cc1. The van der Waals surface area contributed by atoms with Crippen LogP contribution in [-0.4, -0.2) is 16.9 Å². The van der Waals surface area contributed by atoms with Crippen LogP contribution in [0.2, 0.25) is 5.02 Å². The fourth-order valence-electron chi connectivity index (χ4n) is 1.93. The van der Waals surface area contributed by atoms with Crippen molar-refractivity contribution in [3.05, 3.63) is 53.1 Å². The summed E-state index contributed by atoms with van der Waals surface area (Å²) in [5.41, 5.74) is 7.52. The third kappa shape index (κ3) is 4.94. The van der Waals surface area contributed by atoms with Crippen molar-refractivity contribution in [2.24, 2.45) is 5.73 Å². The highest BCUT2D eigenvalue weighted by atomic mass is 35.5. The first-order valence-corrected chi connectivity index (χ1v) is 7.69. The van der Waals surface area contributed by atoms with E-state index in [1.165, 1.54) is 13.0 Å². The van der Waals surface area contributed by atoms with E-state index in [0.29, 0.717) is 16.5 Å². The fraction of sp³-hybridized carbons (Fsp3) is 0.0625. The summed E-state index contributed by atoms with van der Waals surface area (Å²) in [7, 11) is 0. The van der Waals surface area contributed by atoms with E-state index in [0.717, 1.165) is 5.69 Å². The second kappa shape index (κ2) is 7.76. The molecule has 0 aliphatic rings. The number of hydrogen-bond acceptors (Lipinski definition) is 3. The molecule has 0 aromatic heterocycles. The molecule has 8 heteroatoms. The van der Waals surface area contributed by atoms with Gasteiger partial charge in [-0.3, -0.25) is 9.59 Å². The topological polar surface area (TPSA) is 96.2 Å². The number of halogens is 1. The number of anilines is 3. The van der Waals surface area contributed by atoms with Crippen LogP contribution >= 0.6 is 23.8 Å². The Bertz CT molecular complexity index is 793. The molecule has 0 saturated heterocycles. The van der Waals surface area contributed by atoms with Crippen molar-refractivity contribution in [1.29, 1.82) is 0 Å². The standard InChI is InChI=1S/C16H15ClN4O2S/c1-9(22)19-10-2-4-11(5-3-10)20-16(24)21-12-6-7-13(15(18)23)14(17)8-12/h2-8H,1H3,(H2,18,23)(H,19,22)(H2,20,21,24). The highest BCUT2D eigenvalue weighted by Gasteiger charge is 2.08. The van der Waals surface area contributed by atoms with E-state index in [1.807, 2.05) is 0 Å². The van der Waals surface area contributed by atoms with Crippen molar-refractivity contribution in [2.45, 2.75) is 6.92 Å². The molecule has 0 heterocycles. The van der Waals surface area contributed by atoms with Crippen molar-refractivity contribution in [3.63, 3.8) is 0 Å². The van der Waals surface area contributed by atoms with Gasteiger partial charge < -0.3 is 21.7 Å². The molecule has 0 bridgehead atoms. The smallest absolute Gasteiger partial charge is 0.250 e. The Balaban J connectivity index is 1.99. The summed E-state index contributed by atoms with van der Waals surface area (Å²) in [6.07, 6.45) is 0. The van der Waals surface area contributed by atoms with Gasteiger partial charge >= 0.3 is 0 Å². The van der Waals surface area contributed by atoms with Crippen molar-refractivity contribution >= 4 is 57.8 Å². The van der Waals surface area contributed by atoms with Gasteiger partial charge in [0.2, 0.25) is 11.8 Å². The number of carbonyl (C=O) groups is 2. The fourth-order valence-corrected chi connectivity index (χ4v) is 2.44. The molecule has 24 heavy (non-hydrogen) atoms. The van der Waals surface area contributed by atoms with Gasteiger partial charge in [0.25, 0.3) is 0 Å². The molecule has 6 nitrogen and oxygen atoms in total. The first-order valence-electron chi connectivity index (χ1n) is 6.90. The molecule has 0 saturated carbocycles. The first kappa shape index (κ1) is 17.7. The third-order valence-corrected chi connectivity index (χ3v) is 3.47. The van der Waals surface area contributed by atoms with Gasteiger partial charge in [0.15, 0.2) is 5.11 Å². The number of nitrogens with one attached hydrogen (secondary N) is 3. The van der Waals surface area contributed by atoms with Crippen LogP contribution < -0.4 is 21.7 Å². The van der Waals surface area contributed by atoms with Crippen molar-refractivity contribution in [1.82, 2.24) is 0 Å². The van der Waals surface area contributed by atoms with Crippen molar-refractivity contribution < 1.29 is 9.59 Å². The summed E-state index contributed by atoms with van der Waals surface area (Å²) in [5, 5.41) is 9.23. The van der Waals surface area contributed by atoms with E-state index >= 15 is 0 Å². The summed E-state index contributed by atoms with van der Waals surface area (Å²) < 4.78 is 0. The molecule has 0 unspecified atom stereocenters. The second-order valence-corrected chi connectivity index (χ2v) is 5.71. The molecule has 0 radical (unpaired) electrons. The van der Waals surface area contributed by atoms with Gasteiger partial charge in [0.1, 0.15) is 0 Å². The van der Waals surface area contributed by atoms with Crippen LogP contribution in [-0.2, 0) is 4.79 Å². The normalized spacial score (nSPS) is 9.92. The zero-order chi connectivity index (χ0) is 17.7. The Kier molecular flexibility index (Phi) is 5.73. The van der Waals surface area contributed by atoms with E-state index in [1.54, 1.807) is 36.4 Å². The molecule has 0 aliphatic carbocycles. The van der Waals surface area contributed by atoms with Crippen LogP contribution in [0.4, 0.5) is 17.1 Å². The molecule has 124 valence electrons.